The van der Waals surface area contributed by atoms with E-state index in [9.17, 15) is 14.0 Å². The highest BCUT2D eigenvalue weighted by molar-refractivity contribution is 6.01. The highest BCUT2D eigenvalue weighted by Gasteiger charge is 2.33. The molecule has 1 atom stereocenters. The third kappa shape index (κ3) is 3.45. The molecule has 2 amide bonds. The fourth-order valence-electron chi connectivity index (χ4n) is 2.92. The normalized spacial score (nSPS) is 17.2. The van der Waals surface area contributed by atoms with Gasteiger partial charge in [0.15, 0.2) is 0 Å². The van der Waals surface area contributed by atoms with E-state index in [1.807, 2.05) is 31.2 Å². The smallest absolute Gasteiger partial charge is 0.249 e. The number of amides is 2. The summed E-state index contributed by atoms with van der Waals surface area (Å²) < 4.78 is 13.0. The molecule has 0 bridgehead atoms. The van der Waals surface area contributed by atoms with Gasteiger partial charge in [-0.2, -0.15) is 0 Å². The second-order valence-electron chi connectivity index (χ2n) is 5.98. The van der Waals surface area contributed by atoms with Gasteiger partial charge in [0.1, 0.15) is 11.9 Å². The van der Waals surface area contributed by atoms with E-state index >= 15 is 0 Å². The summed E-state index contributed by atoms with van der Waals surface area (Å²) in [6.07, 6.45) is 0.808. The number of rotatable bonds is 4. The maximum Gasteiger partial charge on any atom is 0.249 e. The zero-order chi connectivity index (χ0) is 17.1. The van der Waals surface area contributed by atoms with Crippen molar-refractivity contribution in [3.05, 3.63) is 65.5 Å². The average molecular weight is 326 g/mol. The van der Waals surface area contributed by atoms with Gasteiger partial charge in [-0.15, -0.1) is 0 Å². The largest absolute Gasteiger partial charge is 0.344 e. The van der Waals surface area contributed by atoms with Crippen molar-refractivity contribution in [3.63, 3.8) is 0 Å². The lowest BCUT2D eigenvalue weighted by atomic mass is 10.1. The molecule has 0 saturated carbocycles. The molecule has 2 aromatic rings. The molecule has 1 N–H and O–H groups in total. The fourth-order valence-corrected chi connectivity index (χ4v) is 2.92. The van der Waals surface area contributed by atoms with E-state index in [2.05, 4.69) is 5.32 Å². The number of benzene rings is 2. The third-order valence-corrected chi connectivity index (χ3v) is 4.29. The average Bonchev–Trinajstić information content (AvgIpc) is 2.91. The number of carbonyl (C=O) groups excluding carboxylic acids is 2. The molecular weight excluding hydrogens is 307 g/mol. The van der Waals surface area contributed by atoms with Gasteiger partial charge in [0.05, 0.1) is 6.42 Å². The van der Waals surface area contributed by atoms with E-state index in [0.717, 1.165) is 11.1 Å². The summed E-state index contributed by atoms with van der Waals surface area (Å²) in [6, 6.07) is 13.0. The van der Waals surface area contributed by atoms with Crippen LogP contribution in [0.3, 0.4) is 0 Å². The van der Waals surface area contributed by atoms with E-state index < -0.39 is 6.04 Å². The Bertz CT molecular complexity index is 758. The Balaban J connectivity index is 1.62. The summed E-state index contributed by atoms with van der Waals surface area (Å²) in [6.45, 7) is 2.47. The van der Waals surface area contributed by atoms with E-state index in [-0.39, 0.29) is 24.1 Å². The van der Waals surface area contributed by atoms with E-state index in [1.165, 1.54) is 12.1 Å². The van der Waals surface area contributed by atoms with Gasteiger partial charge in [0, 0.05) is 12.2 Å². The molecule has 4 nitrogen and oxygen atoms in total. The standard InChI is InChI=1S/C19H19FN2O2/c1-13-4-2-3-5-14(13)12-18(23)21-17-10-11-22(19(17)24)16-8-6-15(20)7-9-16/h2-9,17H,10-12H2,1H3,(H,21,23)/t17-/m1/s1. The van der Waals surface area contributed by atoms with Crippen LogP contribution in [-0.4, -0.2) is 24.4 Å². The molecule has 24 heavy (non-hydrogen) atoms. The molecule has 0 aliphatic carbocycles. The van der Waals surface area contributed by atoms with Crippen LogP contribution in [0.15, 0.2) is 48.5 Å². The molecule has 0 unspecified atom stereocenters. The van der Waals surface area contributed by atoms with Crippen molar-refractivity contribution in [1.29, 1.82) is 0 Å². The molecule has 1 heterocycles. The molecule has 3 rings (SSSR count). The summed E-state index contributed by atoms with van der Waals surface area (Å²) in [7, 11) is 0. The minimum atomic E-state index is -0.522. The van der Waals surface area contributed by atoms with Crippen molar-refractivity contribution in [1.82, 2.24) is 5.32 Å². The van der Waals surface area contributed by atoms with Gasteiger partial charge in [-0.05, 0) is 48.7 Å². The van der Waals surface area contributed by atoms with Crippen LogP contribution < -0.4 is 10.2 Å². The molecule has 5 heteroatoms. The van der Waals surface area contributed by atoms with Crippen LogP contribution in [0, 0.1) is 12.7 Å². The van der Waals surface area contributed by atoms with E-state index in [0.29, 0.717) is 18.7 Å². The monoisotopic (exact) mass is 326 g/mol. The molecule has 124 valence electrons. The van der Waals surface area contributed by atoms with Gasteiger partial charge in [-0.25, -0.2) is 4.39 Å². The zero-order valence-electron chi connectivity index (χ0n) is 13.5. The van der Waals surface area contributed by atoms with Gasteiger partial charge in [0.25, 0.3) is 0 Å². The first kappa shape index (κ1) is 16.2. The van der Waals surface area contributed by atoms with Crippen molar-refractivity contribution in [2.45, 2.75) is 25.8 Å². The summed E-state index contributed by atoms with van der Waals surface area (Å²) in [5.74, 6) is -0.656. The molecule has 1 fully saturated rings. The topological polar surface area (TPSA) is 49.4 Å². The Kier molecular flexibility index (Phi) is 4.60. The maximum atomic E-state index is 13.0. The highest BCUT2D eigenvalue weighted by atomic mass is 19.1. The zero-order valence-corrected chi connectivity index (χ0v) is 13.5. The molecule has 1 aliphatic rings. The van der Waals surface area contributed by atoms with Gasteiger partial charge < -0.3 is 10.2 Å². The number of aryl methyl sites for hydroxylation is 1. The van der Waals surface area contributed by atoms with Crippen LogP contribution in [0.2, 0.25) is 0 Å². The predicted octanol–water partition coefficient (Wildman–Crippen LogP) is 2.60. The highest BCUT2D eigenvalue weighted by Crippen LogP contribution is 2.22. The lowest BCUT2D eigenvalue weighted by molar-refractivity contribution is -0.126. The van der Waals surface area contributed by atoms with Gasteiger partial charge in [-0.3, -0.25) is 9.59 Å². The van der Waals surface area contributed by atoms with Crippen LogP contribution in [0.1, 0.15) is 17.5 Å². The van der Waals surface area contributed by atoms with Crippen LogP contribution in [0.25, 0.3) is 0 Å². The number of carbonyl (C=O) groups is 2. The minimum Gasteiger partial charge on any atom is -0.344 e. The van der Waals surface area contributed by atoms with Gasteiger partial charge in [0.2, 0.25) is 11.8 Å². The number of halogens is 1. The van der Waals surface area contributed by atoms with Crippen molar-refractivity contribution in [3.8, 4) is 0 Å². The Morgan fingerprint density at radius 1 is 1.21 bits per heavy atom. The van der Waals surface area contributed by atoms with Gasteiger partial charge >= 0.3 is 0 Å². The van der Waals surface area contributed by atoms with Crippen molar-refractivity contribution < 1.29 is 14.0 Å². The number of hydrogen-bond donors (Lipinski definition) is 1. The first-order valence-electron chi connectivity index (χ1n) is 7.95. The van der Waals surface area contributed by atoms with Crippen molar-refractivity contribution in [2.75, 3.05) is 11.4 Å². The predicted molar refractivity (Wildman–Crippen MR) is 90.2 cm³/mol. The lowest BCUT2D eigenvalue weighted by Gasteiger charge is -2.17. The molecular formula is C19H19FN2O2. The second kappa shape index (κ2) is 6.83. The number of nitrogens with zero attached hydrogens (tertiary/aromatic N) is 1. The van der Waals surface area contributed by atoms with Crippen LogP contribution in [0.5, 0.6) is 0 Å². The van der Waals surface area contributed by atoms with Crippen LogP contribution in [-0.2, 0) is 16.0 Å². The lowest BCUT2D eigenvalue weighted by Crippen LogP contribution is -2.42. The molecule has 1 aliphatic heterocycles. The molecule has 0 aromatic heterocycles. The van der Waals surface area contributed by atoms with Crippen molar-refractivity contribution >= 4 is 17.5 Å². The number of hydrogen-bond acceptors (Lipinski definition) is 2. The molecule has 0 radical (unpaired) electrons. The Morgan fingerprint density at radius 2 is 1.92 bits per heavy atom. The summed E-state index contributed by atoms with van der Waals surface area (Å²) in [5, 5.41) is 2.81. The van der Waals surface area contributed by atoms with E-state index in [1.54, 1.807) is 17.0 Å². The van der Waals surface area contributed by atoms with Crippen molar-refractivity contribution in [2.24, 2.45) is 0 Å². The summed E-state index contributed by atoms with van der Waals surface area (Å²) >= 11 is 0. The molecule has 1 saturated heterocycles. The van der Waals surface area contributed by atoms with Crippen LogP contribution >= 0.6 is 0 Å². The first-order valence-corrected chi connectivity index (χ1v) is 7.95. The SMILES string of the molecule is Cc1ccccc1CC(=O)N[C@@H]1CCN(c2ccc(F)cc2)C1=O. The number of nitrogens with one attached hydrogen (secondary N) is 1. The maximum absolute atomic E-state index is 13.0. The molecule has 0 spiro atoms. The van der Waals surface area contributed by atoms with Crippen LogP contribution in [0.4, 0.5) is 10.1 Å². The third-order valence-electron chi connectivity index (χ3n) is 4.29. The van der Waals surface area contributed by atoms with Gasteiger partial charge in [-0.1, -0.05) is 24.3 Å². The summed E-state index contributed by atoms with van der Waals surface area (Å²) in [4.78, 5) is 26.3. The fraction of sp³-hybridized carbons (Fsp3) is 0.263. The Labute approximate surface area is 140 Å². The summed E-state index contributed by atoms with van der Waals surface area (Å²) in [5.41, 5.74) is 2.66. The minimum absolute atomic E-state index is 0.153. The Hall–Kier alpha value is -2.69. The van der Waals surface area contributed by atoms with E-state index in [4.69, 9.17) is 0 Å². The Morgan fingerprint density at radius 3 is 2.62 bits per heavy atom. The second-order valence-corrected chi connectivity index (χ2v) is 5.98. The quantitative estimate of drug-likeness (QED) is 0.939. The molecule has 2 aromatic carbocycles. The number of anilines is 1. The first-order chi connectivity index (χ1) is 11.5.